The van der Waals surface area contributed by atoms with Crippen LogP contribution in [0.1, 0.15) is 179 Å². The van der Waals surface area contributed by atoms with Gasteiger partial charge >= 0.3 is 17.9 Å². The summed E-state index contributed by atoms with van der Waals surface area (Å²) < 4.78 is 31.1. The van der Waals surface area contributed by atoms with Crippen LogP contribution in [0.3, 0.4) is 0 Å². The van der Waals surface area contributed by atoms with Crippen LogP contribution in [0, 0.1) is 48.5 Å². The van der Waals surface area contributed by atoms with Gasteiger partial charge in [-0.2, -0.15) is 0 Å². The maximum absolute atomic E-state index is 12.6. The fraction of sp³-hybridized carbons (Fsp3) is 0.517. The van der Waals surface area contributed by atoms with E-state index in [1.807, 2.05) is 97.0 Å². The zero-order valence-corrected chi connectivity index (χ0v) is 69.2. The Labute approximate surface area is 698 Å². The van der Waals surface area contributed by atoms with Gasteiger partial charge in [-0.3, -0.25) is 44.2 Å². The molecule has 10 rings (SSSR count). The Hall–Kier alpha value is -10.1. The second kappa shape index (κ2) is 52.7. The lowest BCUT2D eigenvalue weighted by Crippen LogP contribution is -2.36. The van der Waals surface area contributed by atoms with E-state index in [1.165, 1.54) is 12.1 Å². The summed E-state index contributed by atoms with van der Waals surface area (Å²) in [5.41, 5.74) is 17.4. The molecule has 7 aromatic rings. The van der Waals surface area contributed by atoms with E-state index in [9.17, 15) is 39.0 Å². The number of carboxylic acid groups (broad SMARTS) is 2. The number of carbonyl (C=O) groups excluding carboxylic acids is 6. The maximum atomic E-state index is 12.6. The van der Waals surface area contributed by atoms with Crippen molar-refractivity contribution >= 4 is 35.8 Å². The van der Waals surface area contributed by atoms with Crippen molar-refractivity contribution in [2.24, 2.45) is 5.73 Å². The van der Waals surface area contributed by atoms with Crippen LogP contribution < -0.4 is 51.4 Å². The van der Waals surface area contributed by atoms with Crippen molar-refractivity contribution in [3.63, 3.8) is 0 Å². The number of benzene rings is 1. The van der Waals surface area contributed by atoms with Gasteiger partial charge in [0.1, 0.15) is 40.0 Å². The molecule has 3 aliphatic heterocycles. The number of carboxylic acids is 2. The molecule has 0 radical (unpaired) electrons. The number of hydrogen-bond donors (Lipinski definition) is 5. The highest BCUT2D eigenvalue weighted by atomic mass is 16.5. The number of ether oxygens (including phenoxy) is 6. The highest BCUT2D eigenvalue weighted by Crippen LogP contribution is 2.33. The van der Waals surface area contributed by atoms with Gasteiger partial charge in [0.25, 0.3) is 5.91 Å². The Kier molecular flexibility index (Phi) is 44.8. The molecule has 0 spiro atoms. The minimum atomic E-state index is -1.31. The molecule has 31 nitrogen and oxygen atoms in total. The van der Waals surface area contributed by atoms with Crippen molar-refractivity contribution in [2.45, 2.75) is 131 Å². The van der Waals surface area contributed by atoms with Gasteiger partial charge in [-0.1, -0.05) is 22.3 Å². The molecule has 3 aliphatic rings. The molecule has 3 saturated heterocycles. The third kappa shape index (κ3) is 34.5. The molecule has 6 aromatic heterocycles. The summed E-state index contributed by atoms with van der Waals surface area (Å²) in [6, 6.07) is 25.4. The van der Waals surface area contributed by atoms with Crippen molar-refractivity contribution < 1.29 is 67.4 Å². The molecule has 118 heavy (non-hydrogen) atoms. The lowest BCUT2D eigenvalue weighted by Gasteiger charge is -2.26. The standard InChI is InChI=1S/C36H48N6O6.C32H42N8O5.C10H14O3.C6H15N3.3CH4/c1-7-46-34(43)31-19-25(4)16-28(37-31)22-40-10-12-41(23-29-17-26(5)20-32(38-29)35(44)47-8-2)14-15-42(13-11-40)24-30-18-27(6)21-33(39-30)36(45)48-9-3;1-21-12-24(35-27(15-21)30(41)34-5-4-33)18-38-6-8-39(19-25-13-22(2)16-28(36-25)31(42)43)10-11-40(9-7-38)20-26-14-23(3)17-29(37-26)32(44)45;1-7-9(12-3)5-8(11-2)6-10(7)13-4;1-2-8-5-6-9-4-3-7-1;;;/h16-21H,7-15,22-24H2,1-6H3;12-17H,4-11,18-20,33H2,1-3H3,(H,34,41)(H,42,43)(H,44,45);5-6H,1-4H3;7-9H,1-6H2;3*1H4/p-2. The van der Waals surface area contributed by atoms with Crippen molar-refractivity contribution in [3.05, 3.63) is 192 Å². The number of aromatic nitrogens is 6. The first kappa shape index (κ1) is 100. The van der Waals surface area contributed by atoms with Gasteiger partial charge in [-0.15, -0.1) is 0 Å². The number of carbonyl (C=O) groups is 6. The largest absolute Gasteiger partial charge is 0.543 e. The van der Waals surface area contributed by atoms with Crippen LogP contribution in [0.2, 0.25) is 0 Å². The summed E-state index contributed by atoms with van der Waals surface area (Å²) in [4.78, 5) is 114. The number of aromatic carboxylic acids is 2. The second-order valence-electron chi connectivity index (χ2n) is 28.5. The van der Waals surface area contributed by atoms with Gasteiger partial charge in [0.15, 0.2) is 0 Å². The smallest absolute Gasteiger partial charge is 0.356 e. The Balaban J connectivity index is 0.000000385. The number of nitrogens with one attached hydrogen (secondary N) is 4. The summed E-state index contributed by atoms with van der Waals surface area (Å²) in [6.07, 6.45) is 0. The molecule has 648 valence electrons. The van der Waals surface area contributed by atoms with Gasteiger partial charge in [0.05, 0.1) is 98.6 Å². The highest BCUT2D eigenvalue weighted by molar-refractivity contribution is 5.92. The van der Waals surface area contributed by atoms with E-state index < -0.39 is 29.8 Å². The normalized spacial score (nSPS) is 14.7. The third-order valence-corrected chi connectivity index (χ3v) is 18.8. The van der Waals surface area contributed by atoms with E-state index >= 15 is 0 Å². The van der Waals surface area contributed by atoms with Gasteiger partial charge in [-0.05, 0) is 175 Å². The van der Waals surface area contributed by atoms with Crippen molar-refractivity contribution in [3.8, 4) is 17.2 Å². The van der Waals surface area contributed by atoms with E-state index in [0.717, 1.165) is 158 Å². The predicted molar refractivity (Wildman–Crippen MR) is 453 cm³/mol. The van der Waals surface area contributed by atoms with E-state index in [0.29, 0.717) is 126 Å². The number of nitrogens with two attached hydrogens (primary N) is 1. The Morgan fingerprint density at radius 3 is 0.814 bits per heavy atom. The summed E-state index contributed by atoms with van der Waals surface area (Å²) in [5, 5.41) is 35.7. The van der Waals surface area contributed by atoms with Gasteiger partial charge in [0, 0.05) is 188 Å². The fourth-order valence-corrected chi connectivity index (χ4v) is 13.2. The number of methoxy groups -OCH3 is 3. The predicted octanol–water partition coefficient (Wildman–Crippen LogP) is 5.88. The molecular weight excluding hydrogens is 1510 g/mol. The first-order chi connectivity index (χ1) is 55.3. The summed E-state index contributed by atoms with van der Waals surface area (Å²) in [6.45, 7) is 38.5. The van der Waals surface area contributed by atoms with E-state index in [2.05, 4.69) is 80.6 Å². The van der Waals surface area contributed by atoms with E-state index in [1.54, 1.807) is 66.4 Å². The number of nitrogens with zero attached hydrogens (tertiary/aromatic N) is 12. The molecule has 0 unspecified atom stereocenters. The number of esters is 3. The Bertz CT molecular complexity index is 4000. The highest BCUT2D eigenvalue weighted by Gasteiger charge is 2.25. The zero-order valence-electron chi connectivity index (χ0n) is 69.2. The number of hydrogen-bond acceptors (Lipinski definition) is 30. The summed E-state index contributed by atoms with van der Waals surface area (Å²) in [5.74, 6) is -1.89. The number of pyridine rings is 6. The van der Waals surface area contributed by atoms with Gasteiger partial charge in [0.2, 0.25) is 0 Å². The van der Waals surface area contributed by atoms with Crippen molar-refractivity contribution in [1.82, 2.24) is 80.6 Å². The van der Waals surface area contributed by atoms with Crippen LogP contribution in [-0.2, 0) is 53.5 Å². The van der Waals surface area contributed by atoms with Crippen LogP contribution in [0.4, 0.5) is 0 Å². The monoisotopic (exact) mass is 1640 g/mol. The summed E-state index contributed by atoms with van der Waals surface area (Å²) >= 11 is 0. The Morgan fingerprint density at radius 2 is 0.593 bits per heavy atom. The number of rotatable bonds is 26. The second-order valence-corrected chi connectivity index (χ2v) is 28.5. The molecule has 9 heterocycles. The quantitative estimate of drug-likeness (QED) is 0.0312. The van der Waals surface area contributed by atoms with Crippen LogP contribution in [0.25, 0.3) is 0 Å². The molecule has 0 aliphatic carbocycles. The van der Waals surface area contributed by atoms with Crippen molar-refractivity contribution in [1.29, 1.82) is 0 Å². The molecule has 6 N–H and O–H groups in total. The summed E-state index contributed by atoms with van der Waals surface area (Å²) in [7, 11) is 4.87. The van der Waals surface area contributed by atoms with Crippen LogP contribution >= 0.6 is 0 Å². The number of aryl methyl sites for hydroxylation is 6. The SMILES string of the molecule is C.C.C.C1CNCCNCCN1.CCOC(=O)c1cc(C)cc(CN2CCN(Cc3cc(C)cc(C(=O)OCC)n3)CCN(Cc3cc(C)cc(C(=O)OCC)n3)CC2)n1.COc1cc(OC)c(C)c(OC)c1.Cc1cc(CN2CCN(Cc3cc(C)cc(C(=O)[O-])n3)CCN(Cc3cc(C)cc(C(=O)NCCN)n3)CC2)nc(C(=O)[O-])c1. The molecule has 0 saturated carbocycles. The minimum Gasteiger partial charge on any atom is -0.543 e. The average Bonchev–Trinajstić information content (AvgIpc) is 1.32. The molecule has 3 fully saturated rings. The Morgan fingerprint density at radius 1 is 0.364 bits per heavy atom. The number of amides is 1. The minimum absolute atomic E-state index is 0. The van der Waals surface area contributed by atoms with Gasteiger partial charge in [-0.25, -0.2) is 34.3 Å². The molecule has 1 aromatic carbocycles. The van der Waals surface area contributed by atoms with Crippen LogP contribution in [0.15, 0.2) is 84.9 Å². The molecular formula is C87H129N17O14-2. The van der Waals surface area contributed by atoms with E-state index in [4.69, 9.17) is 34.2 Å². The zero-order chi connectivity index (χ0) is 83.3. The first-order valence-electron chi connectivity index (χ1n) is 39.3. The van der Waals surface area contributed by atoms with Crippen molar-refractivity contribution in [2.75, 3.05) is 172 Å². The molecule has 0 atom stereocenters. The first-order valence-corrected chi connectivity index (χ1v) is 39.3. The molecule has 31 heteroatoms. The van der Waals surface area contributed by atoms with Crippen LogP contribution in [-0.4, -0.2) is 267 Å². The third-order valence-electron chi connectivity index (χ3n) is 18.8. The molecule has 0 bridgehead atoms. The fourth-order valence-electron chi connectivity index (χ4n) is 13.2. The van der Waals surface area contributed by atoms with Gasteiger partial charge < -0.3 is 75.2 Å². The lowest BCUT2D eigenvalue weighted by atomic mass is 10.2. The lowest BCUT2D eigenvalue weighted by molar-refractivity contribution is -0.256. The maximum Gasteiger partial charge on any atom is 0.356 e. The van der Waals surface area contributed by atoms with E-state index in [-0.39, 0.29) is 59.4 Å². The topological polar surface area (TPSA) is 375 Å². The average molecular weight is 1640 g/mol. The molecule has 1 amide bonds. The van der Waals surface area contributed by atoms with Crippen LogP contribution in [0.5, 0.6) is 17.2 Å².